The van der Waals surface area contributed by atoms with Crippen LogP contribution >= 0.6 is 15.9 Å². The third-order valence-corrected chi connectivity index (χ3v) is 3.27. The Hall–Kier alpha value is -2.22. The number of halogens is 4. The Morgan fingerprint density at radius 3 is 2.33 bits per heavy atom. The molecular formula is C13H8BrF3N2O2. The first kappa shape index (κ1) is 15.2. The molecule has 0 aliphatic heterocycles. The average molecular weight is 361 g/mol. The van der Waals surface area contributed by atoms with Crippen molar-refractivity contribution >= 4 is 21.8 Å². The van der Waals surface area contributed by atoms with Crippen LogP contribution in [0.4, 0.5) is 13.2 Å². The lowest BCUT2D eigenvalue weighted by Crippen LogP contribution is -2.14. The maximum Gasteiger partial charge on any atom is 0.180 e. The molecule has 3 N–H and O–H groups in total. The van der Waals surface area contributed by atoms with E-state index in [2.05, 4.69) is 21.1 Å². The zero-order chi connectivity index (χ0) is 15.6. The second kappa shape index (κ2) is 6.04. The van der Waals surface area contributed by atoms with Gasteiger partial charge in [-0.3, -0.25) is 0 Å². The zero-order valence-electron chi connectivity index (χ0n) is 10.3. The summed E-state index contributed by atoms with van der Waals surface area (Å²) < 4.78 is 45.2. The van der Waals surface area contributed by atoms with E-state index in [0.717, 1.165) is 12.1 Å². The first-order valence-electron chi connectivity index (χ1n) is 5.52. The Balaban J connectivity index is 2.40. The fraction of sp³-hybridized carbons (Fsp3) is 0. The topological polar surface area (TPSA) is 67.8 Å². The molecule has 4 nitrogen and oxygen atoms in total. The van der Waals surface area contributed by atoms with E-state index in [1.807, 2.05) is 0 Å². The lowest BCUT2D eigenvalue weighted by Gasteiger charge is -2.10. The Labute approximate surface area is 125 Å². The summed E-state index contributed by atoms with van der Waals surface area (Å²) >= 11 is 2.94. The van der Waals surface area contributed by atoms with Crippen molar-refractivity contribution in [2.45, 2.75) is 0 Å². The molecule has 0 spiro atoms. The van der Waals surface area contributed by atoms with Gasteiger partial charge in [-0.05, 0) is 28.1 Å². The number of hydrogen-bond acceptors (Lipinski definition) is 3. The van der Waals surface area contributed by atoms with Crippen molar-refractivity contribution in [3.05, 3.63) is 57.8 Å². The molecular weight excluding hydrogens is 353 g/mol. The molecule has 2 aromatic carbocycles. The quantitative estimate of drug-likeness (QED) is 0.379. The third-order valence-electron chi connectivity index (χ3n) is 2.49. The van der Waals surface area contributed by atoms with Gasteiger partial charge in [-0.1, -0.05) is 5.16 Å². The van der Waals surface area contributed by atoms with Crippen LogP contribution in [0.25, 0.3) is 0 Å². The molecule has 0 fully saturated rings. The van der Waals surface area contributed by atoms with E-state index in [1.54, 1.807) is 0 Å². The van der Waals surface area contributed by atoms with Gasteiger partial charge >= 0.3 is 0 Å². The molecule has 0 heterocycles. The molecule has 2 rings (SSSR count). The second-order valence-electron chi connectivity index (χ2n) is 3.93. The number of benzene rings is 2. The van der Waals surface area contributed by atoms with Crippen molar-refractivity contribution in [3.8, 4) is 11.5 Å². The Bertz CT molecular complexity index is 703. The summed E-state index contributed by atoms with van der Waals surface area (Å²) in [6.07, 6.45) is 0. The molecule has 0 saturated carbocycles. The first-order valence-corrected chi connectivity index (χ1v) is 6.31. The second-order valence-corrected chi connectivity index (χ2v) is 4.72. The first-order chi connectivity index (χ1) is 9.92. The van der Waals surface area contributed by atoms with Crippen molar-refractivity contribution in [1.82, 2.24) is 0 Å². The van der Waals surface area contributed by atoms with E-state index in [-0.39, 0.29) is 27.4 Å². The molecule has 2 aromatic rings. The normalized spacial score (nSPS) is 11.5. The predicted octanol–water partition coefficient (Wildman–Crippen LogP) is 3.75. The van der Waals surface area contributed by atoms with E-state index in [1.165, 1.54) is 12.1 Å². The number of nitrogens with two attached hydrogens (primary N) is 1. The Morgan fingerprint density at radius 2 is 1.76 bits per heavy atom. The molecule has 110 valence electrons. The molecule has 0 aromatic heterocycles. The van der Waals surface area contributed by atoms with Crippen LogP contribution in [0.2, 0.25) is 0 Å². The molecule has 21 heavy (non-hydrogen) atoms. The lowest BCUT2D eigenvalue weighted by atomic mass is 10.2. The summed E-state index contributed by atoms with van der Waals surface area (Å²) in [5.74, 6) is -3.33. The van der Waals surface area contributed by atoms with Gasteiger partial charge in [0.2, 0.25) is 0 Å². The average Bonchev–Trinajstić information content (AvgIpc) is 2.42. The van der Waals surface area contributed by atoms with Gasteiger partial charge in [0.05, 0.1) is 4.47 Å². The lowest BCUT2D eigenvalue weighted by molar-refractivity contribution is 0.318. The van der Waals surface area contributed by atoms with Crippen LogP contribution in [0.3, 0.4) is 0 Å². The van der Waals surface area contributed by atoms with E-state index in [9.17, 15) is 13.2 Å². The van der Waals surface area contributed by atoms with Crippen LogP contribution in [0.5, 0.6) is 11.5 Å². The minimum absolute atomic E-state index is 0.104. The number of amidine groups is 1. The Kier molecular flexibility index (Phi) is 4.37. The standard InChI is InChI=1S/C13H8BrF3N2O2/c14-11-9(13(18)19-20)1-2-10(12(11)17)21-8-4-6(15)3-7(16)5-8/h1-5,20H,(H2,18,19). The molecule has 0 saturated heterocycles. The highest BCUT2D eigenvalue weighted by Gasteiger charge is 2.16. The van der Waals surface area contributed by atoms with Crippen LogP contribution in [0.1, 0.15) is 5.56 Å². The third kappa shape index (κ3) is 3.27. The van der Waals surface area contributed by atoms with Gasteiger partial charge in [0.25, 0.3) is 0 Å². The minimum Gasteiger partial charge on any atom is -0.454 e. The van der Waals surface area contributed by atoms with E-state index in [4.69, 9.17) is 15.7 Å². The SMILES string of the molecule is N/C(=N/O)c1ccc(Oc2cc(F)cc(F)c2)c(F)c1Br. The summed E-state index contributed by atoms with van der Waals surface area (Å²) in [6, 6.07) is 5.01. The van der Waals surface area contributed by atoms with Crippen molar-refractivity contribution in [2.75, 3.05) is 0 Å². The summed E-state index contributed by atoms with van der Waals surface area (Å²) in [4.78, 5) is 0. The predicted molar refractivity (Wildman–Crippen MR) is 73.0 cm³/mol. The van der Waals surface area contributed by atoms with E-state index >= 15 is 0 Å². The molecule has 0 atom stereocenters. The van der Waals surface area contributed by atoms with E-state index in [0.29, 0.717) is 6.07 Å². The van der Waals surface area contributed by atoms with Crippen LogP contribution in [-0.4, -0.2) is 11.0 Å². The fourth-order valence-electron chi connectivity index (χ4n) is 1.58. The van der Waals surface area contributed by atoms with Crippen molar-refractivity contribution < 1.29 is 23.1 Å². The molecule has 0 aliphatic carbocycles. The molecule has 8 heteroatoms. The van der Waals surface area contributed by atoms with Gasteiger partial charge in [-0.25, -0.2) is 13.2 Å². The number of hydrogen-bond donors (Lipinski definition) is 2. The molecule has 0 amide bonds. The molecule has 0 aliphatic rings. The maximum absolute atomic E-state index is 14.1. The van der Waals surface area contributed by atoms with Crippen LogP contribution in [-0.2, 0) is 0 Å². The number of rotatable bonds is 3. The van der Waals surface area contributed by atoms with Gasteiger partial charge in [-0.2, -0.15) is 0 Å². The van der Waals surface area contributed by atoms with Crippen molar-refractivity contribution in [2.24, 2.45) is 10.9 Å². The van der Waals surface area contributed by atoms with Gasteiger partial charge in [-0.15, -0.1) is 0 Å². The van der Waals surface area contributed by atoms with Crippen LogP contribution in [0, 0.1) is 17.5 Å². The van der Waals surface area contributed by atoms with Gasteiger partial charge in [0.15, 0.2) is 17.4 Å². The van der Waals surface area contributed by atoms with Gasteiger partial charge in [0, 0.05) is 23.8 Å². The molecule has 0 bridgehead atoms. The highest BCUT2D eigenvalue weighted by atomic mass is 79.9. The highest BCUT2D eigenvalue weighted by Crippen LogP contribution is 2.32. The molecule has 0 unspecified atom stereocenters. The van der Waals surface area contributed by atoms with Crippen molar-refractivity contribution in [1.29, 1.82) is 0 Å². The number of oxime groups is 1. The Morgan fingerprint density at radius 1 is 1.14 bits per heavy atom. The minimum atomic E-state index is -0.858. The zero-order valence-corrected chi connectivity index (χ0v) is 11.9. The highest BCUT2D eigenvalue weighted by molar-refractivity contribution is 9.10. The molecule has 0 radical (unpaired) electrons. The summed E-state index contributed by atoms with van der Waals surface area (Å²) in [5.41, 5.74) is 5.47. The monoisotopic (exact) mass is 360 g/mol. The number of nitrogens with zero attached hydrogens (tertiary/aromatic N) is 1. The van der Waals surface area contributed by atoms with E-state index < -0.39 is 17.5 Å². The van der Waals surface area contributed by atoms with Crippen molar-refractivity contribution in [3.63, 3.8) is 0 Å². The maximum atomic E-state index is 14.1. The van der Waals surface area contributed by atoms with Crippen LogP contribution in [0.15, 0.2) is 40.0 Å². The summed E-state index contributed by atoms with van der Waals surface area (Å²) in [6.45, 7) is 0. The number of ether oxygens (including phenoxy) is 1. The van der Waals surface area contributed by atoms with Gasteiger partial charge < -0.3 is 15.7 Å². The fourth-order valence-corrected chi connectivity index (χ4v) is 2.11. The summed E-state index contributed by atoms with van der Waals surface area (Å²) in [5, 5.41) is 11.3. The smallest absolute Gasteiger partial charge is 0.180 e. The van der Waals surface area contributed by atoms with Crippen LogP contribution < -0.4 is 10.5 Å². The van der Waals surface area contributed by atoms with Gasteiger partial charge in [0.1, 0.15) is 17.4 Å². The summed E-state index contributed by atoms with van der Waals surface area (Å²) in [7, 11) is 0. The largest absolute Gasteiger partial charge is 0.454 e.